The smallest absolute Gasteiger partial charge is 0.262 e. The molecular weight excluding hydrogens is 299 g/mol. The summed E-state index contributed by atoms with van der Waals surface area (Å²) in [7, 11) is 1.59. The van der Waals surface area contributed by atoms with Crippen LogP contribution in [0.3, 0.4) is 0 Å². The molecule has 92 valence electrons. The predicted octanol–water partition coefficient (Wildman–Crippen LogP) is 3.26. The van der Waals surface area contributed by atoms with Gasteiger partial charge in [0.25, 0.3) is 5.91 Å². The minimum absolute atomic E-state index is 0.0248. The third-order valence-corrected chi connectivity index (χ3v) is 3.19. The maximum Gasteiger partial charge on any atom is 0.262 e. The lowest BCUT2D eigenvalue weighted by Gasteiger charge is -2.18. The molecule has 0 atom stereocenters. The Morgan fingerprint density at radius 1 is 1.28 bits per heavy atom. The number of aromatic nitrogens is 1. The number of benzene rings is 1. The highest BCUT2D eigenvalue weighted by atomic mass is 79.9. The zero-order valence-electron chi connectivity index (χ0n) is 9.60. The van der Waals surface area contributed by atoms with Gasteiger partial charge in [-0.05, 0) is 40.2 Å². The number of rotatable bonds is 2. The standard InChI is InChI=1S/C13H10BrFN2O/c1-17(9-5-7-16-8-6-9)13(18)12-10(14)3-2-4-11(12)15/h2-8H,1H3. The van der Waals surface area contributed by atoms with Gasteiger partial charge in [-0.25, -0.2) is 4.39 Å². The minimum atomic E-state index is -0.546. The van der Waals surface area contributed by atoms with Crippen molar-refractivity contribution in [2.24, 2.45) is 0 Å². The second-order valence-electron chi connectivity index (χ2n) is 3.67. The van der Waals surface area contributed by atoms with Crippen LogP contribution >= 0.6 is 15.9 Å². The van der Waals surface area contributed by atoms with Crippen molar-refractivity contribution in [1.82, 2.24) is 4.98 Å². The Morgan fingerprint density at radius 2 is 1.94 bits per heavy atom. The zero-order chi connectivity index (χ0) is 13.1. The Morgan fingerprint density at radius 3 is 2.56 bits per heavy atom. The topological polar surface area (TPSA) is 33.2 Å². The van der Waals surface area contributed by atoms with Crippen LogP contribution in [0.15, 0.2) is 47.2 Å². The van der Waals surface area contributed by atoms with E-state index in [0.29, 0.717) is 10.2 Å². The molecule has 0 bridgehead atoms. The molecular formula is C13H10BrFN2O. The molecule has 3 nitrogen and oxygen atoms in total. The average Bonchev–Trinajstić information content (AvgIpc) is 2.38. The molecule has 0 spiro atoms. The molecule has 0 radical (unpaired) electrons. The highest BCUT2D eigenvalue weighted by Gasteiger charge is 2.20. The molecule has 0 aliphatic rings. The molecule has 0 saturated heterocycles. The number of pyridine rings is 1. The van der Waals surface area contributed by atoms with Crippen molar-refractivity contribution >= 4 is 27.5 Å². The van der Waals surface area contributed by atoms with Crippen LogP contribution in [0.5, 0.6) is 0 Å². The maximum absolute atomic E-state index is 13.7. The molecule has 18 heavy (non-hydrogen) atoms. The molecule has 0 aliphatic carbocycles. The van der Waals surface area contributed by atoms with E-state index in [1.807, 2.05) is 0 Å². The molecule has 0 aliphatic heterocycles. The molecule has 0 N–H and O–H groups in total. The van der Waals surface area contributed by atoms with Gasteiger partial charge in [0, 0.05) is 29.6 Å². The third-order valence-electron chi connectivity index (χ3n) is 2.53. The van der Waals surface area contributed by atoms with Crippen molar-refractivity contribution in [3.63, 3.8) is 0 Å². The fourth-order valence-corrected chi connectivity index (χ4v) is 2.07. The van der Waals surface area contributed by atoms with Crippen molar-refractivity contribution < 1.29 is 9.18 Å². The largest absolute Gasteiger partial charge is 0.311 e. The molecule has 0 fully saturated rings. The summed E-state index contributed by atoms with van der Waals surface area (Å²) in [4.78, 5) is 17.5. The van der Waals surface area contributed by atoms with Crippen LogP contribution in [-0.2, 0) is 0 Å². The lowest BCUT2D eigenvalue weighted by atomic mass is 10.2. The summed E-state index contributed by atoms with van der Waals surface area (Å²) < 4.78 is 14.1. The van der Waals surface area contributed by atoms with Gasteiger partial charge >= 0.3 is 0 Å². The Bertz CT molecular complexity index is 554. The van der Waals surface area contributed by atoms with E-state index in [4.69, 9.17) is 0 Å². The Hall–Kier alpha value is -1.75. The first-order valence-corrected chi connectivity index (χ1v) is 6.02. The van der Waals surface area contributed by atoms with E-state index in [9.17, 15) is 9.18 Å². The second kappa shape index (κ2) is 5.27. The fourth-order valence-electron chi connectivity index (χ4n) is 1.55. The van der Waals surface area contributed by atoms with Crippen LogP contribution in [0, 0.1) is 5.82 Å². The van der Waals surface area contributed by atoms with Crippen molar-refractivity contribution in [3.8, 4) is 0 Å². The van der Waals surface area contributed by atoms with Crippen molar-refractivity contribution in [1.29, 1.82) is 0 Å². The minimum Gasteiger partial charge on any atom is -0.311 e. The van der Waals surface area contributed by atoms with Gasteiger partial charge in [0.15, 0.2) is 0 Å². The van der Waals surface area contributed by atoms with Crippen molar-refractivity contribution in [2.45, 2.75) is 0 Å². The highest BCUT2D eigenvalue weighted by molar-refractivity contribution is 9.10. The quantitative estimate of drug-likeness (QED) is 0.853. The SMILES string of the molecule is CN(C(=O)c1c(F)cccc1Br)c1ccncc1. The number of nitrogens with zero attached hydrogens (tertiary/aromatic N) is 2. The van der Waals surface area contributed by atoms with Crippen molar-refractivity contribution in [2.75, 3.05) is 11.9 Å². The van der Waals surface area contributed by atoms with Gasteiger partial charge in [0.2, 0.25) is 0 Å². The normalized spacial score (nSPS) is 10.2. The number of halogens is 2. The predicted molar refractivity (Wildman–Crippen MR) is 71.1 cm³/mol. The molecule has 0 unspecified atom stereocenters. The summed E-state index contributed by atoms with van der Waals surface area (Å²) in [6.07, 6.45) is 3.16. The van der Waals surface area contributed by atoms with Gasteiger partial charge in [-0.3, -0.25) is 9.78 Å². The van der Waals surface area contributed by atoms with Crippen LogP contribution in [-0.4, -0.2) is 17.9 Å². The summed E-state index contributed by atoms with van der Waals surface area (Å²) in [5.74, 6) is -0.957. The second-order valence-corrected chi connectivity index (χ2v) is 4.52. The summed E-state index contributed by atoms with van der Waals surface area (Å²) in [6.45, 7) is 0. The van der Waals surface area contributed by atoms with Crippen LogP contribution in [0.4, 0.5) is 10.1 Å². The molecule has 2 rings (SSSR count). The van der Waals surface area contributed by atoms with Gasteiger partial charge in [-0.2, -0.15) is 0 Å². The number of carbonyl (C=O) groups is 1. The van der Waals surface area contributed by atoms with E-state index in [-0.39, 0.29) is 5.56 Å². The van der Waals surface area contributed by atoms with E-state index >= 15 is 0 Å². The van der Waals surface area contributed by atoms with E-state index in [2.05, 4.69) is 20.9 Å². The maximum atomic E-state index is 13.7. The molecule has 5 heteroatoms. The lowest BCUT2D eigenvalue weighted by molar-refractivity contribution is 0.0988. The first-order chi connectivity index (χ1) is 8.61. The summed E-state index contributed by atoms with van der Waals surface area (Å²) in [5.41, 5.74) is 0.682. The number of hydrogen-bond acceptors (Lipinski definition) is 2. The van der Waals surface area contributed by atoms with E-state index in [1.165, 1.54) is 11.0 Å². The summed E-state index contributed by atoms with van der Waals surface area (Å²) >= 11 is 3.19. The molecule has 1 aromatic carbocycles. The van der Waals surface area contributed by atoms with E-state index in [1.54, 1.807) is 43.7 Å². The molecule has 0 saturated carbocycles. The monoisotopic (exact) mass is 308 g/mol. The first kappa shape index (κ1) is 12.7. The van der Waals surface area contributed by atoms with Crippen LogP contribution in [0.25, 0.3) is 0 Å². The molecule has 2 aromatic rings. The number of carbonyl (C=O) groups excluding carboxylic acids is 1. The van der Waals surface area contributed by atoms with Gasteiger partial charge < -0.3 is 4.90 Å². The van der Waals surface area contributed by atoms with Gasteiger partial charge in [-0.1, -0.05) is 6.07 Å². The van der Waals surface area contributed by atoms with Crippen molar-refractivity contribution in [3.05, 3.63) is 58.6 Å². The summed E-state index contributed by atoms with van der Waals surface area (Å²) in [6, 6.07) is 7.82. The average molecular weight is 309 g/mol. The lowest BCUT2D eigenvalue weighted by Crippen LogP contribution is -2.27. The van der Waals surface area contributed by atoms with Crippen LogP contribution in [0.1, 0.15) is 10.4 Å². The third kappa shape index (κ3) is 2.41. The number of amides is 1. The Labute approximate surface area is 112 Å². The first-order valence-electron chi connectivity index (χ1n) is 5.23. The summed E-state index contributed by atoms with van der Waals surface area (Å²) in [5, 5.41) is 0. The molecule has 1 aromatic heterocycles. The molecule has 1 heterocycles. The molecule has 1 amide bonds. The van der Waals surface area contributed by atoms with Gasteiger partial charge in [-0.15, -0.1) is 0 Å². The van der Waals surface area contributed by atoms with E-state index in [0.717, 1.165) is 0 Å². The Balaban J connectivity index is 2.38. The number of anilines is 1. The number of hydrogen-bond donors (Lipinski definition) is 0. The van der Waals surface area contributed by atoms with Gasteiger partial charge in [0.05, 0.1) is 5.56 Å². The fraction of sp³-hybridized carbons (Fsp3) is 0.0769. The zero-order valence-corrected chi connectivity index (χ0v) is 11.2. The Kier molecular flexibility index (Phi) is 3.72. The van der Waals surface area contributed by atoms with Gasteiger partial charge in [0.1, 0.15) is 5.82 Å². The van der Waals surface area contributed by atoms with Crippen LogP contribution < -0.4 is 4.90 Å². The van der Waals surface area contributed by atoms with Crippen LogP contribution in [0.2, 0.25) is 0 Å². The van der Waals surface area contributed by atoms with E-state index < -0.39 is 11.7 Å². The highest BCUT2D eigenvalue weighted by Crippen LogP contribution is 2.23.